The fraction of sp³-hybridized carbons (Fsp3) is 0.0588. The molecule has 2 aromatic carbocycles. The molecule has 0 unspecified atom stereocenters. The van der Waals surface area contributed by atoms with Crippen LogP contribution in [0.3, 0.4) is 0 Å². The van der Waals surface area contributed by atoms with Crippen LogP contribution in [0.1, 0.15) is 22.8 Å². The van der Waals surface area contributed by atoms with E-state index in [9.17, 15) is 4.79 Å². The molecule has 0 aromatic heterocycles. The Bertz CT molecular complexity index is 678. The predicted molar refractivity (Wildman–Crippen MR) is 87.5 cm³/mol. The second-order valence-corrected chi connectivity index (χ2v) is 4.89. The van der Waals surface area contributed by atoms with Gasteiger partial charge >= 0.3 is 0 Å². The SMILES string of the molecule is CC(/C=N\NC(=O)c1ccccc1Cl)=C/c1ccccc1. The first-order valence-corrected chi connectivity index (χ1v) is 6.86. The molecular formula is C17H15ClN2O. The second kappa shape index (κ2) is 7.41. The summed E-state index contributed by atoms with van der Waals surface area (Å²) in [5.41, 5.74) is 4.88. The Morgan fingerprint density at radius 2 is 1.76 bits per heavy atom. The van der Waals surface area contributed by atoms with E-state index in [-0.39, 0.29) is 5.91 Å². The van der Waals surface area contributed by atoms with Gasteiger partial charge in [-0.05, 0) is 30.2 Å². The minimum Gasteiger partial charge on any atom is -0.267 e. The molecule has 0 aliphatic heterocycles. The van der Waals surface area contributed by atoms with Gasteiger partial charge in [0.25, 0.3) is 5.91 Å². The van der Waals surface area contributed by atoms with Crippen molar-refractivity contribution in [2.24, 2.45) is 5.10 Å². The molecule has 0 bridgehead atoms. The van der Waals surface area contributed by atoms with Crippen LogP contribution in [0.25, 0.3) is 6.08 Å². The zero-order valence-corrected chi connectivity index (χ0v) is 12.3. The van der Waals surface area contributed by atoms with Crippen LogP contribution in [0.5, 0.6) is 0 Å². The highest BCUT2D eigenvalue weighted by Crippen LogP contribution is 2.14. The number of carbonyl (C=O) groups excluding carboxylic acids is 1. The quantitative estimate of drug-likeness (QED) is 0.668. The molecule has 0 heterocycles. The Labute approximate surface area is 129 Å². The minimum absolute atomic E-state index is 0.329. The summed E-state index contributed by atoms with van der Waals surface area (Å²) in [6.07, 6.45) is 3.58. The Balaban J connectivity index is 1.98. The van der Waals surface area contributed by atoms with Crippen molar-refractivity contribution in [2.75, 3.05) is 0 Å². The molecule has 2 aromatic rings. The zero-order valence-electron chi connectivity index (χ0n) is 11.6. The number of carbonyl (C=O) groups is 1. The van der Waals surface area contributed by atoms with Crippen molar-refractivity contribution < 1.29 is 4.79 Å². The van der Waals surface area contributed by atoms with Gasteiger partial charge in [-0.15, -0.1) is 0 Å². The topological polar surface area (TPSA) is 41.5 Å². The average molecular weight is 299 g/mol. The van der Waals surface area contributed by atoms with Gasteiger partial charge in [-0.2, -0.15) is 5.10 Å². The molecule has 0 radical (unpaired) electrons. The van der Waals surface area contributed by atoms with Gasteiger partial charge in [0.1, 0.15) is 0 Å². The lowest BCUT2D eigenvalue weighted by atomic mass is 10.1. The fourth-order valence-corrected chi connectivity index (χ4v) is 1.97. The summed E-state index contributed by atoms with van der Waals surface area (Å²) in [5.74, 6) is -0.329. The van der Waals surface area contributed by atoms with Crippen molar-refractivity contribution in [1.29, 1.82) is 0 Å². The van der Waals surface area contributed by atoms with Gasteiger partial charge < -0.3 is 0 Å². The van der Waals surface area contributed by atoms with E-state index in [0.717, 1.165) is 11.1 Å². The lowest BCUT2D eigenvalue weighted by molar-refractivity contribution is 0.0955. The molecular weight excluding hydrogens is 284 g/mol. The number of amides is 1. The highest BCUT2D eigenvalue weighted by molar-refractivity contribution is 6.33. The maximum Gasteiger partial charge on any atom is 0.272 e. The third kappa shape index (κ3) is 4.58. The molecule has 0 aliphatic rings. The maximum atomic E-state index is 11.9. The standard InChI is InChI=1S/C17H15ClN2O/c1-13(11-14-7-3-2-4-8-14)12-19-20-17(21)15-9-5-6-10-16(15)18/h2-12H,1H3,(H,20,21)/b13-11-,19-12-. The van der Waals surface area contributed by atoms with Crippen LogP contribution in [0.4, 0.5) is 0 Å². The van der Waals surface area contributed by atoms with Crippen molar-refractivity contribution >= 4 is 29.8 Å². The number of halogens is 1. The van der Waals surface area contributed by atoms with E-state index in [4.69, 9.17) is 11.6 Å². The Morgan fingerprint density at radius 3 is 2.48 bits per heavy atom. The van der Waals surface area contributed by atoms with Crippen molar-refractivity contribution in [3.05, 3.63) is 76.3 Å². The van der Waals surface area contributed by atoms with E-state index in [0.29, 0.717) is 10.6 Å². The third-order valence-corrected chi connectivity index (χ3v) is 3.08. The zero-order chi connectivity index (χ0) is 15.1. The van der Waals surface area contributed by atoms with Crippen molar-refractivity contribution in [3.8, 4) is 0 Å². The van der Waals surface area contributed by atoms with Gasteiger partial charge in [-0.25, -0.2) is 5.43 Å². The first-order chi connectivity index (χ1) is 10.2. The largest absolute Gasteiger partial charge is 0.272 e. The fourth-order valence-electron chi connectivity index (χ4n) is 1.75. The normalized spacial score (nSPS) is 11.6. The molecule has 0 spiro atoms. The van der Waals surface area contributed by atoms with Gasteiger partial charge in [0.2, 0.25) is 0 Å². The summed E-state index contributed by atoms with van der Waals surface area (Å²) >= 11 is 5.94. The van der Waals surface area contributed by atoms with Crippen LogP contribution in [0.2, 0.25) is 5.02 Å². The number of benzene rings is 2. The van der Waals surface area contributed by atoms with Crippen LogP contribution in [0.15, 0.2) is 65.3 Å². The highest BCUT2D eigenvalue weighted by Gasteiger charge is 2.07. The monoisotopic (exact) mass is 298 g/mol. The first-order valence-electron chi connectivity index (χ1n) is 6.48. The van der Waals surface area contributed by atoms with E-state index >= 15 is 0 Å². The molecule has 0 saturated carbocycles. The molecule has 1 N–H and O–H groups in total. The number of nitrogens with one attached hydrogen (secondary N) is 1. The van der Waals surface area contributed by atoms with E-state index < -0.39 is 0 Å². The van der Waals surface area contributed by atoms with E-state index in [1.165, 1.54) is 0 Å². The molecule has 0 atom stereocenters. The minimum atomic E-state index is -0.329. The van der Waals surface area contributed by atoms with E-state index in [2.05, 4.69) is 10.5 Å². The number of hydrogen-bond acceptors (Lipinski definition) is 2. The summed E-state index contributed by atoms with van der Waals surface area (Å²) < 4.78 is 0. The number of hydrazone groups is 1. The van der Waals surface area contributed by atoms with Gasteiger partial charge in [0, 0.05) is 0 Å². The summed E-state index contributed by atoms with van der Waals surface area (Å²) in [7, 11) is 0. The number of allylic oxidation sites excluding steroid dienone is 1. The van der Waals surface area contributed by atoms with Crippen LogP contribution < -0.4 is 5.43 Å². The smallest absolute Gasteiger partial charge is 0.267 e. The summed E-state index contributed by atoms with van der Waals surface area (Å²) in [6, 6.07) is 16.7. The lowest BCUT2D eigenvalue weighted by Gasteiger charge is -2.01. The number of nitrogens with zero attached hydrogens (tertiary/aromatic N) is 1. The van der Waals surface area contributed by atoms with Crippen LogP contribution >= 0.6 is 11.6 Å². The van der Waals surface area contributed by atoms with Crippen LogP contribution in [-0.4, -0.2) is 12.1 Å². The van der Waals surface area contributed by atoms with Gasteiger partial charge in [-0.3, -0.25) is 4.79 Å². The van der Waals surface area contributed by atoms with Crippen molar-refractivity contribution in [3.63, 3.8) is 0 Å². The van der Waals surface area contributed by atoms with E-state index in [1.807, 2.05) is 43.3 Å². The Hall–Kier alpha value is -2.39. The number of rotatable bonds is 4. The highest BCUT2D eigenvalue weighted by atomic mass is 35.5. The molecule has 3 nitrogen and oxygen atoms in total. The summed E-state index contributed by atoms with van der Waals surface area (Å²) in [6.45, 7) is 1.91. The lowest BCUT2D eigenvalue weighted by Crippen LogP contribution is -2.17. The van der Waals surface area contributed by atoms with Crippen LogP contribution in [0, 0.1) is 0 Å². The molecule has 21 heavy (non-hydrogen) atoms. The predicted octanol–water partition coefficient (Wildman–Crippen LogP) is 4.16. The molecule has 0 saturated heterocycles. The van der Waals surface area contributed by atoms with Gasteiger partial charge in [-0.1, -0.05) is 60.1 Å². The third-order valence-electron chi connectivity index (χ3n) is 2.75. The average Bonchev–Trinajstić information content (AvgIpc) is 2.48. The van der Waals surface area contributed by atoms with Crippen molar-refractivity contribution in [1.82, 2.24) is 5.43 Å². The Morgan fingerprint density at radius 1 is 1.10 bits per heavy atom. The second-order valence-electron chi connectivity index (χ2n) is 4.48. The van der Waals surface area contributed by atoms with E-state index in [1.54, 1.807) is 30.5 Å². The molecule has 1 amide bonds. The molecule has 106 valence electrons. The van der Waals surface area contributed by atoms with Crippen molar-refractivity contribution in [2.45, 2.75) is 6.92 Å². The maximum absolute atomic E-state index is 11.9. The summed E-state index contributed by atoms with van der Waals surface area (Å²) in [5, 5.41) is 4.34. The molecule has 4 heteroatoms. The first kappa shape index (κ1) is 15.0. The molecule has 2 rings (SSSR count). The molecule has 0 fully saturated rings. The summed E-state index contributed by atoms with van der Waals surface area (Å²) in [4.78, 5) is 11.9. The Kier molecular flexibility index (Phi) is 5.29. The van der Waals surface area contributed by atoms with Gasteiger partial charge in [0.15, 0.2) is 0 Å². The molecule has 0 aliphatic carbocycles. The van der Waals surface area contributed by atoms with Gasteiger partial charge in [0.05, 0.1) is 16.8 Å². The number of hydrogen-bond donors (Lipinski definition) is 1. The van der Waals surface area contributed by atoms with Crippen LogP contribution in [-0.2, 0) is 0 Å².